The summed E-state index contributed by atoms with van der Waals surface area (Å²) in [6.45, 7) is 3.87. The van der Waals surface area contributed by atoms with Crippen LogP contribution in [0, 0.1) is 25.2 Å². The van der Waals surface area contributed by atoms with E-state index in [1.54, 1.807) is 25.5 Å². The van der Waals surface area contributed by atoms with Crippen LogP contribution in [0.25, 0.3) is 11.8 Å². The first-order valence-corrected chi connectivity index (χ1v) is 11.1. The highest BCUT2D eigenvalue weighted by Crippen LogP contribution is 2.24. The second kappa shape index (κ2) is 10.7. The van der Waals surface area contributed by atoms with Crippen molar-refractivity contribution in [3.05, 3.63) is 75.2 Å². The number of aromatic nitrogens is 1. The maximum absolute atomic E-state index is 12.5. The topological polar surface area (TPSA) is 84.6 Å². The zero-order chi connectivity index (χ0) is 24.0. The number of amides is 1. The number of hydrogen-bond acceptors (Lipinski definition) is 6. The minimum absolute atomic E-state index is 0.168. The molecule has 1 aromatic carbocycles. The van der Waals surface area contributed by atoms with Crippen LogP contribution < -0.4 is 4.74 Å². The van der Waals surface area contributed by atoms with E-state index in [-0.39, 0.29) is 11.5 Å². The molecule has 0 atom stereocenters. The first kappa shape index (κ1) is 23.8. The number of nitriles is 1. The molecule has 0 saturated carbocycles. The standard InChI is InChI=1S/C25H25N3O4S/c1-17-12-19(18(2)28(17)21-7-9-22(31-4)10-8-21)13-20(14-26)25(30)32-16-24(29)27(3)15-23-6-5-11-33-23/h5-13H,15-16H2,1-4H3/b20-13+. The number of hydrogen-bond donors (Lipinski definition) is 0. The maximum Gasteiger partial charge on any atom is 0.349 e. The van der Waals surface area contributed by atoms with Crippen molar-refractivity contribution in [2.45, 2.75) is 20.4 Å². The molecule has 0 spiro atoms. The zero-order valence-electron chi connectivity index (χ0n) is 19.0. The van der Waals surface area contributed by atoms with Gasteiger partial charge >= 0.3 is 5.97 Å². The van der Waals surface area contributed by atoms with Gasteiger partial charge in [-0.3, -0.25) is 4.79 Å². The molecule has 0 saturated heterocycles. The van der Waals surface area contributed by atoms with Gasteiger partial charge in [-0.2, -0.15) is 5.26 Å². The van der Waals surface area contributed by atoms with Crippen molar-refractivity contribution in [1.82, 2.24) is 9.47 Å². The van der Waals surface area contributed by atoms with Crippen LogP contribution in [0.3, 0.4) is 0 Å². The Labute approximate surface area is 197 Å². The van der Waals surface area contributed by atoms with Crippen LogP contribution in [-0.4, -0.2) is 42.1 Å². The molecule has 33 heavy (non-hydrogen) atoms. The molecule has 0 bridgehead atoms. The third kappa shape index (κ3) is 5.70. The van der Waals surface area contributed by atoms with Crippen molar-refractivity contribution in [3.8, 4) is 17.5 Å². The van der Waals surface area contributed by atoms with E-state index in [4.69, 9.17) is 9.47 Å². The Morgan fingerprint density at radius 3 is 2.55 bits per heavy atom. The Morgan fingerprint density at radius 1 is 1.21 bits per heavy atom. The number of carbonyl (C=O) groups is 2. The maximum atomic E-state index is 12.5. The molecule has 1 amide bonds. The fraction of sp³-hybridized carbons (Fsp3) is 0.240. The molecule has 8 heteroatoms. The fourth-order valence-corrected chi connectivity index (χ4v) is 4.15. The van der Waals surface area contributed by atoms with Gasteiger partial charge in [-0.05, 0) is 67.3 Å². The number of thiophene rings is 1. The highest BCUT2D eigenvalue weighted by atomic mass is 32.1. The van der Waals surface area contributed by atoms with Crippen LogP contribution >= 0.6 is 11.3 Å². The van der Waals surface area contributed by atoms with Crippen LogP contribution in [0.2, 0.25) is 0 Å². The molecule has 3 aromatic rings. The molecule has 0 radical (unpaired) electrons. The van der Waals surface area contributed by atoms with Gasteiger partial charge in [0.05, 0.1) is 13.7 Å². The first-order valence-electron chi connectivity index (χ1n) is 10.2. The second-order valence-corrected chi connectivity index (χ2v) is 8.47. The lowest BCUT2D eigenvalue weighted by Gasteiger charge is -2.16. The minimum atomic E-state index is -0.829. The van der Waals surface area contributed by atoms with Crippen molar-refractivity contribution in [2.75, 3.05) is 20.8 Å². The highest BCUT2D eigenvalue weighted by Gasteiger charge is 2.18. The number of carbonyl (C=O) groups excluding carboxylic acids is 2. The van der Waals surface area contributed by atoms with Gasteiger partial charge in [0.25, 0.3) is 5.91 Å². The normalized spacial score (nSPS) is 11.1. The number of benzene rings is 1. The average molecular weight is 464 g/mol. The van der Waals surface area contributed by atoms with Gasteiger partial charge in [-0.1, -0.05) is 6.07 Å². The van der Waals surface area contributed by atoms with Gasteiger partial charge in [0.2, 0.25) is 0 Å². The summed E-state index contributed by atoms with van der Waals surface area (Å²) in [6, 6.07) is 15.2. The van der Waals surface area contributed by atoms with Crippen LogP contribution in [0.5, 0.6) is 5.75 Å². The molecule has 3 rings (SSSR count). The zero-order valence-corrected chi connectivity index (χ0v) is 19.8. The quantitative estimate of drug-likeness (QED) is 0.283. The summed E-state index contributed by atoms with van der Waals surface area (Å²) in [5.41, 5.74) is 3.30. The Balaban J connectivity index is 1.71. The van der Waals surface area contributed by atoms with Crippen molar-refractivity contribution in [1.29, 1.82) is 5.26 Å². The summed E-state index contributed by atoms with van der Waals surface area (Å²) in [5.74, 6) is -0.414. The summed E-state index contributed by atoms with van der Waals surface area (Å²) in [4.78, 5) is 27.3. The number of nitrogens with zero attached hydrogens (tertiary/aromatic N) is 3. The Bertz CT molecular complexity index is 1200. The van der Waals surface area contributed by atoms with Gasteiger partial charge in [0.15, 0.2) is 6.61 Å². The molecular weight excluding hydrogens is 438 g/mol. The van der Waals surface area contributed by atoms with Crippen molar-refractivity contribution in [3.63, 3.8) is 0 Å². The number of likely N-dealkylation sites (N-methyl/N-ethyl adjacent to an activating group) is 1. The van der Waals surface area contributed by atoms with Crippen LogP contribution in [0.1, 0.15) is 21.8 Å². The van der Waals surface area contributed by atoms with Gasteiger partial charge in [0, 0.05) is 29.0 Å². The summed E-state index contributed by atoms with van der Waals surface area (Å²) < 4.78 is 12.4. The predicted molar refractivity (Wildman–Crippen MR) is 127 cm³/mol. The monoisotopic (exact) mass is 463 g/mol. The molecule has 2 heterocycles. The van der Waals surface area contributed by atoms with Gasteiger partial charge < -0.3 is 18.9 Å². The fourth-order valence-electron chi connectivity index (χ4n) is 3.39. The Kier molecular flexibility index (Phi) is 7.70. The smallest absolute Gasteiger partial charge is 0.349 e. The van der Waals surface area contributed by atoms with E-state index in [2.05, 4.69) is 0 Å². The predicted octanol–water partition coefficient (Wildman–Crippen LogP) is 4.27. The molecule has 170 valence electrons. The molecule has 0 aliphatic heterocycles. The number of methoxy groups -OCH3 is 1. The molecule has 7 nitrogen and oxygen atoms in total. The lowest BCUT2D eigenvalue weighted by atomic mass is 10.1. The van der Waals surface area contributed by atoms with E-state index in [9.17, 15) is 14.9 Å². The first-order chi connectivity index (χ1) is 15.8. The number of esters is 1. The Hall–Kier alpha value is -3.83. The van der Waals surface area contributed by atoms with E-state index in [0.717, 1.165) is 33.3 Å². The van der Waals surface area contributed by atoms with Gasteiger partial charge in [-0.25, -0.2) is 4.79 Å². The second-order valence-electron chi connectivity index (χ2n) is 7.44. The summed E-state index contributed by atoms with van der Waals surface area (Å²) in [7, 11) is 3.26. The SMILES string of the molecule is COc1ccc(-n2c(C)cc(/C=C(\C#N)C(=O)OCC(=O)N(C)Cc3cccs3)c2C)cc1. The third-order valence-corrected chi connectivity index (χ3v) is 6.03. The van der Waals surface area contributed by atoms with Crippen molar-refractivity contribution < 1.29 is 19.1 Å². The highest BCUT2D eigenvalue weighted by molar-refractivity contribution is 7.09. The van der Waals surface area contributed by atoms with Gasteiger partial charge in [-0.15, -0.1) is 11.3 Å². The largest absolute Gasteiger partial charge is 0.497 e. The summed E-state index contributed by atoms with van der Waals surface area (Å²) >= 11 is 1.55. The summed E-state index contributed by atoms with van der Waals surface area (Å²) in [6.07, 6.45) is 1.49. The number of ether oxygens (including phenoxy) is 2. The molecule has 0 fully saturated rings. The third-order valence-electron chi connectivity index (χ3n) is 5.17. The molecule has 0 aliphatic carbocycles. The van der Waals surface area contributed by atoms with E-state index in [1.165, 1.54) is 11.0 Å². The number of aryl methyl sites for hydroxylation is 1. The van der Waals surface area contributed by atoms with E-state index >= 15 is 0 Å². The number of rotatable bonds is 8. The van der Waals surface area contributed by atoms with E-state index in [0.29, 0.717) is 6.54 Å². The van der Waals surface area contributed by atoms with Crippen LogP contribution in [-0.2, 0) is 20.9 Å². The Morgan fingerprint density at radius 2 is 1.94 bits per heavy atom. The minimum Gasteiger partial charge on any atom is -0.497 e. The van der Waals surface area contributed by atoms with E-state index in [1.807, 2.05) is 72.3 Å². The molecule has 0 unspecified atom stereocenters. The molecule has 2 aromatic heterocycles. The van der Waals surface area contributed by atoms with Crippen LogP contribution in [0.15, 0.2) is 53.4 Å². The lowest BCUT2D eigenvalue weighted by molar-refractivity contribution is -0.148. The van der Waals surface area contributed by atoms with Crippen LogP contribution in [0.4, 0.5) is 0 Å². The average Bonchev–Trinajstić information content (AvgIpc) is 3.42. The lowest BCUT2D eigenvalue weighted by Crippen LogP contribution is -2.30. The molecule has 0 aliphatic rings. The summed E-state index contributed by atoms with van der Waals surface area (Å²) in [5, 5.41) is 11.4. The van der Waals surface area contributed by atoms with Crippen molar-refractivity contribution in [2.24, 2.45) is 0 Å². The molecule has 0 N–H and O–H groups in total. The van der Waals surface area contributed by atoms with Crippen molar-refractivity contribution >= 4 is 29.3 Å². The van der Waals surface area contributed by atoms with E-state index < -0.39 is 12.6 Å². The van der Waals surface area contributed by atoms with Gasteiger partial charge in [0.1, 0.15) is 17.4 Å². The molecular formula is C25H25N3O4S.